The number of benzene rings is 2. The Kier molecular flexibility index (Phi) is 4.62. The maximum absolute atomic E-state index is 13.5. The van der Waals surface area contributed by atoms with Crippen LogP contribution in [0, 0.1) is 5.82 Å². The van der Waals surface area contributed by atoms with E-state index in [1.165, 1.54) is 12.1 Å². The molecule has 0 aromatic heterocycles. The Morgan fingerprint density at radius 2 is 2.05 bits per heavy atom. The molecule has 3 nitrogen and oxygen atoms in total. The second-order valence-corrected chi connectivity index (χ2v) is 5.31. The van der Waals surface area contributed by atoms with E-state index in [1.54, 1.807) is 18.2 Å². The molecule has 0 aliphatic heterocycles. The van der Waals surface area contributed by atoms with Crippen LogP contribution in [0.15, 0.2) is 40.9 Å². The lowest BCUT2D eigenvalue weighted by Crippen LogP contribution is -2.03. The van der Waals surface area contributed by atoms with Crippen LogP contribution in [0.5, 0.6) is 5.75 Å². The fourth-order valence-corrected chi connectivity index (χ4v) is 2.08. The number of rotatable bonds is 4. The van der Waals surface area contributed by atoms with Gasteiger partial charge in [-0.3, -0.25) is 0 Å². The van der Waals surface area contributed by atoms with Crippen molar-refractivity contribution in [3.05, 3.63) is 62.8 Å². The van der Waals surface area contributed by atoms with Crippen LogP contribution >= 0.6 is 27.5 Å². The fourth-order valence-electron chi connectivity index (χ4n) is 1.57. The second kappa shape index (κ2) is 6.24. The highest BCUT2D eigenvalue weighted by Gasteiger charge is 2.11. The molecule has 0 radical (unpaired) electrons. The Hall–Kier alpha value is -1.59. The normalized spacial score (nSPS) is 10.3. The first-order valence-corrected chi connectivity index (χ1v) is 6.74. The molecule has 1 N–H and O–H groups in total. The molecule has 2 aromatic rings. The van der Waals surface area contributed by atoms with Crippen LogP contribution < -0.4 is 4.74 Å². The number of hydrogen-bond donors (Lipinski definition) is 1. The highest BCUT2D eigenvalue weighted by Crippen LogP contribution is 2.28. The van der Waals surface area contributed by atoms with E-state index in [4.69, 9.17) is 21.4 Å². The lowest BCUT2D eigenvalue weighted by molar-refractivity contribution is 0.0692. The van der Waals surface area contributed by atoms with E-state index in [2.05, 4.69) is 15.9 Å². The van der Waals surface area contributed by atoms with E-state index in [0.29, 0.717) is 16.3 Å². The third kappa shape index (κ3) is 3.49. The van der Waals surface area contributed by atoms with E-state index >= 15 is 0 Å². The Labute approximate surface area is 128 Å². The summed E-state index contributed by atoms with van der Waals surface area (Å²) in [4.78, 5) is 10.7. The van der Waals surface area contributed by atoms with Crippen molar-refractivity contribution < 1.29 is 19.0 Å². The summed E-state index contributed by atoms with van der Waals surface area (Å²) in [7, 11) is 0. The number of ether oxygens (including phenoxy) is 1. The molecule has 0 heterocycles. The van der Waals surface area contributed by atoms with E-state index < -0.39 is 11.8 Å². The average Bonchev–Trinajstić information content (AvgIpc) is 2.39. The van der Waals surface area contributed by atoms with Gasteiger partial charge in [0, 0.05) is 4.47 Å². The number of halogens is 3. The van der Waals surface area contributed by atoms with Gasteiger partial charge in [0.05, 0.1) is 10.6 Å². The summed E-state index contributed by atoms with van der Waals surface area (Å²) < 4.78 is 19.8. The molecule has 20 heavy (non-hydrogen) atoms. The molecular weight excluding hydrogens is 351 g/mol. The summed E-state index contributed by atoms with van der Waals surface area (Å²) in [6.45, 7) is 0.0903. The number of carboxylic acid groups (broad SMARTS) is 1. The van der Waals surface area contributed by atoms with Crippen LogP contribution in [0.2, 0.25) is 5.02 Å². The molecule has 0 amide bonds. The van der Waals surface area contributed by atoms with Crippen molar-refractivity contribution in [3.8, 4) is 5.75 Å². The predicted molar refractivity (Wildman–Crippen MR) is 76.8 cm³/mol. The quantitative estimate of drug-likeness (QED) is 0.873. The first-order valence-electron chi connectivity index (χ1n) is 5.57. The molecule has 0 atom stereocenters. The molecule has 104 valence electrons. The lowest BCUT2D eigenvalue weighted by atomic mass is 10.1. The molecule has 0 unspecified atom stereocenters. The second-order valence-electron chi connectivity index (χ2n) is 3.98. The standard InChI is InChI=1S/C14H9BrClFO3/c15-9-2-4-11(16)13(6-9)20-7-8-1-3-10(14(18)19)12(17)5-8/h1-6H,7H2,(H,18,19). The van der Waals surface area contributed by atoms with Crippen molar-refractivity contribution in [1.29, 1.82) is 0 Å². The Morgan fingerprint density at radius 1 is 1.30 bits per heavy atom. The maximum Gasteiger partial charge on any atom is 0.338 e. The molecule has 0 bridgehead atoms. The molecule has 0 fully saturated rings. The zero-order chi connectivity index (χ0) is 14.7. The highest BCUT2D eigenvalue weighted by molar-refractivity contribution is 9.10. The summed E-state index contributed by atoms with van der Waals surface area (Å²) in [5.41, 5.74) is 0.151. The van der Waals surface area contributed by atoms with Crippen LogP contribution in [-0.2, 0) is 6.61 Å². The lowest BCUT2D eigenvalue weighted by Gasteiger charge is -2.09. The van der Waals surface area contributed by atoms with E-state index in [0.717, 1.165) is 10.5 Å². The molecule has 0 saturated carbocycles. The van der Waals surface area contributed by atoms with Crippen molar-refractivity contribution in [1.82, 2.24) is 0 Å². The Balaban J connectivity index is 2.13. The van der Waals surface area contributed by atoms with Gasteiger partial charge in [-0.05, 0) is 35.9 Å². The van der Waals surface area contributed by atoms with Crippen molar-refractivity contribution in [2.45, 2.75) is 6.61 Å². The van der Waals surface area contributed by atoms with Gasteiger partial charge in [-0.25, -0.2) is 9.18 Å². The van der Waals surface area contributed by atoms with E-state index in [1.807, 2.05) is 0 Å². The molecule has 2 rings (SSSR count). The van der Waals surface area contributed by atoms with Gasteiger partial charge in [0.1, 0.15) is 18.2 Å². The van der Waals surface area contributed by atoms with Crippen LogP contribution in [0.4, 0.5) is 4.39 Å². The number of aromatic carboxylic acids is 1. The number of hydrogen-bond acceptors (Lipinski definition) is 2. The molecule has 2 aromatic carbocycles. The minimum atomic E-state index is -1.30. The van der Waals surface area contributed by atoms with E-state index in [-0.39, 0.29) is 12.2 Å². The fraction of sp³-hybridized carbons (Fsp3) is 0.0714. The summed E-state index contributed by atoms with van der Waals surface area (Å²) in [5, 5.41) is 9.18. The SMILES string of the molecule is O=C(O)c1ccc(COc2cc(Br)ccc2Cl)cc1F. The molecule has 0 aliphatic carbocycles. The summed E-state index contributed by atoms with van der Waals surface area (Å²) >= 11 is 9.26. The summed E-state index contributed by atoms with van der Waals surface area (Å²) in [6, 6.07) is 8.99. The van der Waals surface area contributed by atoms with Crippen LogP contribution in [0.1, 0.15) is 15.9 Å². The van der Waals surface area contributed by atoms with Crippen molar-refractivity contribution in [3.63, 3.8) is 0 Å². The smallest absolute Gasteiger partial charge is 0.338 e. The minimum Gasteiger partial charge on any atom is -0.487 e. The molecule has 0 spiro atoms. The largest absolute Gasteiger partial charge is 0.487 e. The molecule has 0 aliphatic rings. The van der Waals surface area contributed by atoms with Gasteiger partial charge in [0.25, 0.3) is 0 Å². The van der Waals surface area contributed by atoms with Crippen molar-refractivity contribution in [2.24, 2.45) is 0 Å². The Morgan fingerprint density at radius 3 is 2.70 bits per heavy atom. The third-order valence-corrected chi connectivity index (χ3v) is 3.36. The monoisotopic (exact) mass is 358 g/mol. The highest BCUT2D eigenvalue weighted by atomic mass is 79.9. The van der Waals surface area contributed by atoms with Crippen molar-refractivity contribution in [2.75, 3.05) is 0 Å². The van der Waals surface area contributed by atoms with Gasteiger partial charge in [-0.1, -0.05) is 33.6 Å². The van der Waals surface area contributed by atoms with Gasteiger partial charge in [-0.2, -0.15) is 0 Å². The topological polar surface area (TPSA) is 46.5 Å². The molecule has 0 saturated heterocycles. The maximum atomic E-state index is 13.5. The van der Waals surface area contributed by atoms with Gasteiger partial charge < -0.3 is 9.84 Å². The predicted octanol–water partition coefficient (Wildman–Crippen LogP) is 4.52. The van der Waals surface area contributed by atoms with Crippen molar-refractivity contribution >= 4 is 33.5 Å². The summed E-state index contributed by atoms with van der Waals surface area (Å²) in [5.74, 6) is -1.63. The Bertz CT molecular complexity index is 661. The number of carbonyl (C=O) groups is 1. The van der Waals surface area contributed by atoms with Gasteiger partial charge in [-0.15, -0.1) is 0 Å². The summed E-state index contributed by atoms with van der Waals surface area (Å²) in [6.07, 6.45) is 0. The number of carboxylic acids is 1. The van der Waals surface area contributed by atoms with Crippen LogP contribution in [0.3, 0.4) is 0 Å². The molecule has 6 heteroatoms. The zero-order valence-corrected chi connectivity index (χ0v) is 12.4. The minimum absolute atomic E-state index is 0.0903. The first-order chi connectivity index (χ1) is 9.47. The third-order valence-electron chi connectivity index (χ3n) is 2.55. The first kappa shape index (κ1) is 14.8. The van der Waals surface area contributed by atoms with Crippen LogP contribution in [-0.4, -0.2) is 11.1 Å². The van der Waals surface area contributed by atoms with Gasteiger partial charge >= 0.3 is 5.97 Å². The van der Waals surface area contributed by atoms with Crippen LogP contribution in [0.25, 0.3) is 0 Å². The average molecular weight is 360 g/mol. The van der Waals surface area contributed by atoms with Gasteiger partial charge in [0.2, 0.25) is 0 Å². The zero-order valence-electron chi connectivity index (χ0n) is 10.1. The van der Waals surface area contributed by atoms with E-state index in [9.17, 15) is 9.18 Å². The molecular formula is C14H9BrClFO3. The van der Waals surface area contributed by atoms with Gasteiger partial charge in [0.15, 0.2) is 0 Å².